The molecule has 2 aromatic rings. The standard InChI is InChI=1S/C16H20OS/c1-3-6-12-7-5-8-13(11-12)16(17)15-10-9-14(4-2)18-15/h5,7-11,16-17H,3-4,6H2,1-2H3. The highest BCUT2D eigenvalue weighted by Gasteiger charge is 2.12. The molecule has 2 heteroatoms. The summed E-state index contributed by atoms with van der Waals surface area (Å²) in [6.45, 7) is 4.32. The summed E-state index contributed by atoms with van der Waals surface area (Å²) in [5.74, 6) is 0. The molecule has 96 valence electrons. The van der Waals surface area contributed by atoms with Crippen LogP contribution in [-0.2, 0) is 12.8 Å². The van der Waals surface area contributed by atoms with Crippen molar-refractivity contribution < 1.29 is 5.11 Å². The monoisotopic (exact) mass is 260 g/mol. The van der Waals surface area contributed by atoms with Crippen LogP contribution < -0.4 is 0 Å². The molecule has 0 bridgehead atoms. The maximum atomic E-state index is 10.4. The highest BCUT2D eigenvalue weighted by Crippen LogP contribution is 2.29. The van der Waals surface area contributed by atoms with Gasteiger partial charge in [-0.05, 0) is 36.1 Å². The molecule has 0 spiro atoms. The van der Waals surface area contributed by atoms with E-state index in [4.69, 9.17) is 0 Å². The van der Waals surface area contributed by atoms with Crippen molar-refractivity contribution in [1.29, 1.82) is 0 Å². The van der Waals surface area contributed by atoms with Crippen LogP contribution in [0.15, 0.2) is 36.4 Å². The Morgan fingerprint density at radius 2 is 2.00 bits per heavy atom. The smallest absolute Gasteiger partial charge is 0.113 e. The van der Waals surface area contributed by atoms with Gasteiger partial charge in [0.1, 0.15) is 6.10 Å². The van der Waals surface area contributed by atoms with Gasteiger partial charge in [-0.2, -0.15) is 0 Å². The first-order valence-electron chi connectivity index (χ1n) is 6.60. The number of aliphatic hydroxyl groups excluding tert-OH is 1. The minimum atomic E-state index is -0.480. The molecular formula is C16H20OS. The zero-order valence-corrected chi connectivity index (χ0v) is 11.8. The van der Waals surface area contributed by atoms with Gasteiger partial charge in [0.25, 0.3) is 0 Å². The summed E-state index contributed by atoms with van der Waals surface area (Å²) in [7, 11) is 0. The van der Waals surface area contributed by atoms with Gasteiger partial charge in [0, 0.05) is 9.75 Å². The second kappa shape index (κ2) is 6.17. The third-order valence-electron chi connectivity index (χ3n) is 3.11. The number of benzene rings is 1. The minimum Gasteiger partial charge on any atom is -0.383 e. The van der Waals surface area contributed by atoms with Crippen molar-refractivity contribution in [3.63, 3.8) is 0 Å². The fourth-order valence-electron chi connectivity index (χ4n) is 2.10. The van der Waals surface area contributed by atoms with Crippen LogP contribution >= 0.6 is 11.3 Å². The Balaban J connectivity index is 2.21. The van der Waals surface area contributed by atoms with E-state index in [0.29, 0.717) is 0 Å². The van der Waals surface area contributed by atoms with Crippen molar-refractivity contribution in [3.8, 4) is 0 Å². The van der Waals surface area contributed by atoms with E-state index in [1.807, 2.05) is 18.2 Å². The lowest BCUT2D eigenvalue weighted by Gasteiger charge is -2.10. The molecule has 1 aromatic carbocycles. The molecule has 0 aliphatic heterocycles. The van der Waals surface area contributed by atoms with Gasteiger partial charge in [-0.15, -0.1) is 11.3 Å². The first-order chi connectivity index (χ1) is 8.74. The van der Waals surface area contributed by atoms with Crippen LogP contribution in [0.25, 0.3) is 0 Å². The summed E-state index contributed by atoms with van der Waals surface area (Å²) < 4.78 is 0. The molecule has 0 aliphatic rings. The molecule has 0 saturated carbocycles. The number of aryl methyl sites for hydroxylation is 2. The fraction of sp³-hybridized carbons (Fsp3) is 0.375. The molecule has 0 fully saturated rings. The summed E-state index contributed by atoms with van der Waals surface area (Å²) in [5.41, 5.74) is 2.31. The Morgan fingerprint density at radius 3 is 2.67 bits per heavy atom. The van der Waals surface area contributed by atoms with E-state index < -0.39 is 6.10 Å². The van der Waals surface area contributed by atoms with E-state index in [-0.39, 0.29) is 0 Å². The molecular weight excluding hydrogens is 240 g/mol. The van der Waals surface area contributed by atoms with Crippen LogP contribution in [0.5, 0.6) is 0 Å². The Kier molecular flexibility index (Phi) is 4.56. The number of aliphatic hydroxyl groups is 1. The molecule has 0 amide bonds. The minimum absolute atomic E-state index is 0.480. The maximum Gasteiger partial charge on any atom is 0.113 e. The van der Waals surface area contributed by atoms with E-state index in [0.717, 1.165) is 29.7 Å². The number of hydrogen-bond donors (Lipinski definition) is 1. The normalized spacial score (nSPS) is 12.6. The third-order valence-corrected chi connectivity index (χ3v) is 4.39. The van der Waals surface area contributed by atoms with Gasteiger partial charge in [0.05, 0.1) is 0 Å². The second-order valence-electron chi connectivity index (χ2n) is 4.56. The van der Waals surface area contributed by atoms with E-state index in [2.05, 4.69) is 32.0 Å². The van der Waals surface area contributed by atoms with Gasteiger partial charge < -0.3 is 5.11 Å². The number of hydrogen-bond acceptors (Lipinski definition) is 2. The molecule has 1 atom stereocenters. The molecule has 2 rings (SSSR count). The molecule has 0 saturated heterocycles. The highest BCUT2D eigenvalue weighted by atomic mass is 32.1. The quantitative estimate of drug-likeness (QED) is 0.847. The van der Waals surface area contributed by atoms with Crippen molar-refractivity contribution in [2.24, 2.45) is 0 Å². The van der Waals surface area contributed by atoms with Crippen LogP contribution in [0.1, 0.15) is 47.3 Å². The largest absolute Gasteiger partial charge is 0.383 e. The van der Waals surface area contributed by atoms with Crippen molar-refractivity contribution in [1.82, 2.24) is 0 Å². The Hall–Kier alpha value is -1.12. The van der Waals surface area contributed by atoms with Crippen molar-refractivity contribution >= 4 is 11.3 Å². The SMILES string of the molecule is CCCc1cccc(C(O)c2ccc(CC)s2)c1. The zero-order valence-electron chi connectivity index (χ0n) is 11.0. The van der Waals surface area contributed by atoms with Gasteiger partial charge in [-0.1, -0.05) is 44.5 Å². The van der Waals surface area contributed by atoms with E-state index >= 15 is 0 Å². The van der Waals surface area contributed by atoms with Crippen molar-refractivity contribution in [2.45, 2.75) is 39.2 Å². The van der Waals surface area contributed by atoms with E-state index in [1.165, 1.54) is 10.4 Å². The van der Waals surface area contributed by atoms with Crippen molar-refractivity contribution in [3.05, 3.63) is 57.3 Å². The van der Waals surface area contributed by atoms with E-state index in [1.54, 1.807) is 11.3 Å². The average Bonchev–Trinajstić information content (AvgIpc) is 2.87. The zero-order chi connectivity index (χ0) is 13.0. The molecule has 0 radical (unpaired) electrons. The topological polar surface area (TPSA) is 20.2 Å². The molecule has 1 nitrogen and oxygen atoms in total. The van der Waals surface area contributed by atoms with Gasteiger partial charge in [0.2, 0.25) is 0 Å². The predicted molar refractivity (Wildman–Crippen MR) is 78.2 cm³/mol. The summed E-state index contributed by atoms with van der Waals surface area (Å²) >= 11 is 1.71. The molecule has 1 heterocycles. The summed E-state index contributed by atoms with van der Waals surface area (Å²) in [5, 5.41) is 10.4. The van der Waals surface area contributed by atoms with Crippen LogP contribution in [0.4, 0.5) is 0 Å². The van der Waals surface area contributed by atoms with E-state index in [9.17, 15) is 5.11 Å². The molecule has 1 N–H and O–H groups in total. The summed E-state index contributed by atoms with van der Waals surface area (Å²) in [6.07, 6.45) is 2.77. The summed E-state index contributed by atoms with van der Waals surface area (Å²) in [4.78, 5) is 2.37. The molecule has 0 aliphatic carbocycles. The Labute approximate surface area is 113 Å². The van der Waals surface area contributed by atoms with Gasteiger partial charge in [0.15, 0.2) is 0 Å². The number of rotatable bonds is 5. The fourth-order valence-corrected chi connectivity index (χ4v) is 3.07. The second-order valence-corrected chi connectivity index (χ2v) is 5.76. The molecule has 1 aromatic heterocycles. The van der Waals surface area contributed by atoms with Gasteiger partial charge >= 0.3 is 0 Å². The average molecular weight is 260 g/mol. The van der Waals surface area contributed by atoms with Gasteiger partial charge in [-0.25, -0.2) is 0 Å². The van der Waals surface area contributed by atoms with Crippen LogP contribution in [-0.4, -0.2) is 5.11 Å². The van der Waals surface area contributed by atoms with Crippen LogP contribution in [0, 0.1) is 0 Å². The lowest BCUT2D eigenvalue weighted by molar-refractivity contribution is 0.224. The third kappa shape index (κ3) is 3.01. The number of thiophene rings is 1. The first-order valence-corrected chi connectivity index (χ1v) is 7.41. The van der Waals surface area contributed by atoms with Crippen molar-refractivity contribution in [2.75, 3.05) is 0 Å². The Morgan fingerprint density at radius 1 is 1.17 bits per heavy atom. The van der Waals surface area contributed by atoms with Crippen LogP contribution in [0.2, 0.25) is 0 Å². The van der Waals surface area contributed by atoms with Crippen LogP contribution in [0.3, 0.4) is 0 Å². The highest BCUT2D eigenvalue weighted by molar-refractivity contribution is 7.12. The summed E-state index contributed by atoms with van der Waals surface area (Å²) in [6, 6.07) is 12.5. The Bertz CT molecular complexity index is 501. The molecule has 18 heavy (non-hydrogen) atoms. The molecule has 1 unspecified atom stereocenters. The first kappa shape index (κ1) is 13.3. The lowest BCUT2D eigenvalue weighted by atomic mass is 10.0. The van der Waals surface area contributed by atoms with Gasteiger partial charge in [-0.3, -0.25) is 0 Å². The lowest BCUT2D eigenvalue weighted by Crippen LogP contribution is -1.98. The maximum absolute atomic E-state index is 10.4. The predicted octanol–water partition coefficient (Wildman–Crippen LogP) is 4.34.